The fourth-order valence-electron chi connectivity index (χ4n) is 4.65. The zero-order valence-electron chi connectivity index (χ0n) is 18.5. The zero-order valence-corrected chi connectivity index (χ0v) is 18.5. The van der Waals surface area contributed by atoms with Crippen molar-refractivity contribution in [2.45, 2.75) is 64.4 Å². The molecular weight excluding hydrogens is 390 g/mol. The Morgan fingerprint density at radius 2 is 1.87 bits per heavy atom. The summed E-state index contributed by atoms with van der Waals surface area (Å²) in [4.78, 5) is 24.0. The molecular formula is C24H31N5O2. The minimum atomic E-state index is -0.610. The standard InChI is InChI=1S/C24H31N5O2/c1-15(30)26-13-12-16-4-6-17(7-5-16)18-8-10-19(11-9-18)21-24(2,3)31-23-20(29-21)22(25)27-14-28-23/h8-11,14,16-17H,4-7,12-13H2,1-3H3,(H,26,30)(H2,25,27,28)/t16-,17-. The van der Waals surface area contributed by atoms with Crippen molar-refractivity contribution >= 4 is 23.1 Å². The Labute approximate surface area is 183 Å². The van der Waals surface area contributed by atoms with Gasteiger partial charge in [0, 0.05) is 19.0 Å². The van der Waals surface area contributed by atoms with E-state index in [0.717, 1.165) is 24.2 Å². The molecule has 2 heterocycles. The lowest BCUT2D eigenvalue weighted by Crippen LogP contribution is -2.41. The summed E-state index contributed by atoms with van der Waals surface area (Å²) in [6.07, 6.45) is 7.30. The van der Waals surface area contributed by atoms with Crippen LogP contribution < -0.4 is 15.8 Å². The number of rotatable bonds is 5. The number of hydrogen-bond acceptors (Lipinski definition) is 6. The number of hydrogen-bond donors (Lipinski definition) is 2. The normalized spacial score (nSPS) is 22.1. The lowest BCUT2D eigenvalue weighted by molar-refractivity contribution is -0.119. The second-order valence-electron chi connectivity index (χ2n) is 9.10. The minimum absolute atomic E-state index is 0.0589. The van der Waals surface area contributed by atoms with Crippen molar-refractivity contribution in [1.82, 2.24) is 15.3 Å². The highest BCUT2D eigenvalue weighted by Gasteiger charge is 2.35. The first-order valence-electron chi connectivity index (χ1n) is 11.1. The van der Waals surface area contributed by atoms with Gasteiger partial charge in [0.15, 0.2) is 11.5 Å². The van der Waals surface area contributed by atoms with Gasteiger partial charge >= 0.3 is 0 Å². The van der Waals surface area contributed by atoms with E-state index in [1.165, 1.54) is 37.6 Å². The maximum Gasteiger partial charge on any atom is 0.246 e. The van der Waals surface area contributed by atoms with E-state index >= 15 is 0 Å². The van der Waals surface area contributed by atoms with Gasteiger partial charge in [0.1, 0.15) is 11.9 Å². The lowest BCUT2D eigenvalue weighted by Gasteiger charge is -2.32. The van der Waals surface area contributed by atoms with Crippen molar-refractivity contribution in [2.75, 3.05) is 12.3 Å². The third-order valence-electron chi connectivity index (χ3n) is 6.39. The molecule has 4 rings (SSSR count). The number of carbonyl (C=O) groups excluding carboxylic acids is 1. The van der Waals surface area contributed by atoms with Crippen LogP contribution in [0.4, 0.5) is 11.5 Å². The average Bonchev–Trinajstić information content (AvgIpc) is 2.73. The van der Waals surface area contributed by atoms with E-state index < -0.39 is 5.60 Å². The number of nitrogens with zero attached hydrogens (tertiary/aromatic N) is 3. The Morgan fingerprint density at radius 1 is 1.16 bits per heavy atom. The molecule has 0 saturated heterocycles. The molecule has 31 heavy (non-hydrogen) atoms. The van der Waals surface area contributed by atoms with Crippen molar-refractivity contribution in [3.63, 3.8) is 0 Å². The summed E-state index contributed by atoms with van der Waals surface area (Å²) in [7, 11) is 0. The van der Waals surface area contributed by atoms with Crippen LogP contribution in [-0.2, 0) is 4.79 Å². The largest absolute Gasteiger partial charge is 0.463 e. The van der Waals surface area contributed by atoms with Crippen LogP contribution in [0.15, 0.2) is 35.6 Å². The van der Waals surface area contributed by atoms with Crippen LogP contribution >= 0.6 is 0 Å². The number of fused-ring (bicyclic) bond motifs is 1. The van der Waals surface area contributed by atoms with Gasteiger partial charge in [0.25, 0.3) is 0 Å². The maximum atomic E-state index is 11.0. The van der Waals surface area contributed by atoms with Gasteiger partial charge in [0.2, 0.25) is 11.8 Å². The summed E-state index contributed by atoms with van der Waals surface area (Å²) >= 11 is 0. The second kappa shape index (κ2) is 8.65. The molecule has 0 radical (unpaired) electrons. The number of amides is 1. The van der Waals surface area contributed by atoms with Gasteiger partial charge in [-0.25, -0.2) is 9.98 Å². The smallest absolute Gasteiger partial charge is 0.246 e. The van der Waals surface area contributed by atoms with E-state index in [4.69, 9.17) is 15.5 Å². The fourth-order valence-corrected chi connectivity index (χ4v) is 4.65. The summed E-state index contributed by atoms with van der Waals surface area (Å²) in [6.45, 7) is 6.35. The SMILES string of the molecule is CC(=O)NCC[C@H]1CC[C@H](c2ccc(C3=Nc4c(N)ncnc4OC3(C)C)cc2)CC1. The Bertz CT molecular complexity index is 976. The van der Waals surface area contributed by atoms with Crippen molar-refractivity contribution in [3.8, 4) is 5.88 Å². The molecule has 1 fully saturated rings. The zero-order chi connectivity index (χ0) is 22.0. The van der Waals surface area contributed by atoms with Crippen molar-refractivity contribution in [2.24, 2.45) is 10.9 Å². The molecule has 2 aliphatic rings. The summed E-state index contributed by atoms with van der Waals surface area (Å²) in [5.74, 6) is 2.11. The summed E-state index contributed by atoms with van der Waals surface area (Å²) in [5.41, 5.74) is 9.10. The Balaban J connectivity index is 1.44. The van der Waals surface area contributed by atoms with E-state index in [1.54, 1.807) is 6.92 Å². The van der Waals surface area contributed by atoms with Gasteiger partial charge in [-0.3, -0.25) is 4.79 Å². The fraction of sp³-hybridized carbons (Fsp3) is 0.500. The van der Waals surface area contributed by atoms with Crippen LogP contribution in [0.5, 0.6) is 5.88 Å². The molecule has 1 saturated carbocycles. The molecule has 0 unspecified atom stereocenters. The number of benzene rings is 1. The number of carbonyl (C=O) groups is 1. The van der Waals surface area contributed by atoms with Gasteiger partial charge < -0.3 is 15.8 Å². The van der Waals surface area contributed by atoms with Crippen LogP contribution in [0.2, 0.25) is 0 Å². The molecule has 0 atom stereocenters. The first kappa shape index (κ1) is 21.3. The topological polar surface area (TPSA) is 102 Å². The van der Waals surface area contributed by atoms with Crippen molar-refractivity contribution in [3.05, 3.63) is 41.7 Å². The quantitative estimate of drug-likeness (QED) is 0.755. The molecule has 2 aromatic rings. The summed E-state index contributed by atoms with van der Waals surface area (Å²) < 4.78 is 6.08. The Hall–Kier alpha value is -2.96. The highest BCUT2D eigenvalue weighted by atomic mass is 16.5. The van der Waals surface area contributed by atoms with Crippen LogP contribution in [0, 0.1) is 5.92 Å². The van der Waals surface area contributed by atoms with Gasteiger partial charge in [0.05, 0.1) is 5.71 Å². The van der Waals surface area contributed by atoms with Gasteiger partial charge in [-0.1, -0.05) is 24.3 Å². The van der Waals surface area contributed by atoms with Crippen LogP contribution in [0.1, 0.15) is 69.9 Å². The van der Waals surface area contributed by atoms with Crippen LogP contribution in [0.3, 0.4) is 0 Å². The van der Waals surface area contributed by atoms with Crippen LogP contribution in [-0.4, -0.2) is 33.7 Å². The number of anilines is 1. The van der Waals surface area contributed by atoms with Crippen molar-refractivity contribution < 1.29 is 9.53 Å². The highest BCUT2D eigenvalue weighted by Crippen LogP contribution is 2.40. The lowest BCUT2D eigenvalue weighted by atomic mass is 9.77. The molecule has 164 valence electrons. The van der Waals surface area contributed by atoms with E-state index in [0.29, 0.717) is 29.2 Å². The maximum absolute atomic E-state index is 11.0. The monoisotopic (exact) mass is 421 g/mol. The number of nitrogens with two attached hydrogens (primary N) is 1. The average molecular weight is 422 g/mol. The number of aliphatic imine (C=N–C) groups is 1. The number of ether oxygens (including phenoxy) is 1. The molecule has 1 aromatic carbocycles. The Morgan fingerprint density at radius 3 is 2.55 bits per heavy atom. The molecule has 7 nitrogen and oxygen atoms in total. The number of nitrogens with one attached hydrogen (secondary N) is 1. The summed E-state index contributed by atoms with van der Waals surface area (Å²) in [6, 6.07) is 8.70. The molecule has 0 spiro atoms. The van der Waals surface area contributed by atoms with Gasteiger partial charge in [-0.2, -0.15) is 4.98 Å². The molecule has 1 amide bonds. The highest BCUT2D eigenvalue weighted by molar-refractivity contribution is 6.09. The Kier molecular flexibility index (Phi) is 5.94. The second-order valence-corrected chi connectivity index (χ2v) is 9.10. The predicted octanol–water partition coefficient (Wildman–Crippen LogP) is 4.15. The molecule has 1 aliphatic carbocycles. The van der Waals surface area contributed by atoms with E-state index in [-0.39, 0.29) is 5.91 Å². The van der Waals surface area contributed by atoms with Gasteiger partial charge in [-0.05, 0) is 63.4 Å². The van der Waals surface area contributed by atoms with Crippen molar-refractivity contribution in [1.29, 1.82) is 0 Å². The van der Waals surface area contributed by atoms with Gasteiger partial charge in [-0.15, -0.1) is 0 Å². The first-order chi connectivity index (χ1) is 14.8. The number of aromatic nitrogens is 2. The van der Waals surface area contributed by atoms with E-state index in [9.17, 15) is 4.79 Å². The van der Waals surface area contributed by atoms with E-state index in [1.807, 2.05) is 13.8 Å². The first-order valence-corrected chi connectivity index (χ1v) is 11.1. The predicted molar refractivity (Wildman–Crippen MR) is 122 cm³/mol. The minimum Gasteiger partial charge on any atom is -0.463 e. The molecule has 7 heteroatoms. The van der Waals surface area contributed by atoms with E-state index in [2.05, 4.69) is 39.6 Å². The molecule has 0 bridgehead atoms. The third kappa shape index (κ3) is 4.70. The van der Waals surface area contributed by atoms with Crippen LogP contribution in [0.25, 0.3) is 0 Å². The molecule has 1 aliphatic heterocycles. The summed E-state index contributed by atoms with van der Waals surface area (Å²) in [5, 5.41) is 2.91. The third-order valence-corrected chi connectivity index (χ3v) is 6.39. The molecule has 1 aromatic heterocycles. The molecule has 3 N–H and O–H groups in total. The number of nitrogen functional groups attached to an aromatic ring is 1.